The Hall–Kier alpha value is 0.501. The van der Waals surface area contributed by atoms with Gasteiger partial charge in [0.15, 0.2) is 0 Å². The van der Waals surface area contributed by atoms with Gasteiger partial charge < -0.3 is 37.2 Å². The zero-order valence-electron chi connectivity index (χ0n) is 22.7. The number of unbranched alkanes of at least 4 members (excludes halogenated alkanes) is 6. The summed E-state index contributed by atoms with van der Waals surface area (Å²) < 4.78 is 0.231. The minimum Gasteiger partial charge on any atom is -1.00 e. The van der Waals surface area contributed by atoms with Gasteiger partial charge in [-0.2, -0.15) is 0 Å². The van der Waals surface area contributed by atoms with E-state index in [1.54, 1.807) is 33.4 Å². The third-order valence-electron chi connectivity index (χ3n) is 7.26. The van der Waals surface area contributed by atoms with Gasteiger partial charge in [0.2, 0.25) is 0 Å². The van der Waals surface area contributed by atoms with Crippen molar-refractivity contribution >= 4 is 14.4 Å². The molecule has 0 aliphatic heterocycles. The number of allylic oxidation sites excluding steroid dienone is 4. The van der Waals surface area contributed by atoms with Crippen LogP contribution in [0.2, 0.25) is 22.9 Å². The van der Waals surface area contributed by atoms with Crippen molar-refractivity contribution in [3.63, 3.8) is 0 Å². The van der Waals surface area contributed by atoms with Crippen molar-refractivity contribution in [2.75, 3.05) is 0 Å². The molecule has 0 fully saturated rings. The van der Waals surface area contributed by atoms with E-state index in [4.69, 9.17) is 0 Å². The van der Waals surface area contributed by atoms with Crippen molar-refractivity contribution in [1.29, 1.82) is 0 Å². The molecule has 34 heavy (non-hydrogen) atoms. The topological polar surface area (TPSA) is 0 Å². The number of hydrogen-bond donors (Lipinski definition) is 0. The fourth-order valence-corrected chi connectivity index (χ4v) is 9.79. The number of hydrogen-bond acceptors (Lipinski definition) is 0. The monoisotopic (exact) mass is 576 g/mol. The van der Waals surface area contributed by atoms with Crippen molar-refractivity contribution in [2.45, 2.75) is 122 Å². The maximum Gasteiger partial charge on any atom is -1.00 e. The van der Waals surface area contributed by atoms with Crippen molar-refractivity contribution in [3.05, 3.63) is 51.6 Å². The molecule has 1 aliphatic carbocycles. The van der Waals surface area contributed by atoms with Gasteiger partial charge in [-0.3, -0.25) is 0 Å². The SMILES string of the molecule is CCCCCCc1cc(CCCCCC)cc(C2=C(C)C(C)=C(C)[C]2([Ti+3])C[SiH](C)C)c1.[Cl-].[Cl-].[Cl-]. The molecule has 0 saturated carbocycles. The molecule has 1 atom stereocenters. The minimum atomic E-state index is -0.692. The Morgan fingerprint density at radius 1 is 0.706 bits per heavy atom. The maximum absolute atomic E-state index is 2.56. The summed E-state index contributed by atoms with van der Waals surface area (Å²) in [5.41, 5.74) is 11.0. The summed E-state index contributed by atoms with van der Waals surface area (Å²) in [6, 6.07) is 9.03. The Bertz CT molecular complexity index is 770. The molecule has 0 bridgehead atoms. The molecule has 1 aromatic carbocycles. The van der Waals surface area contributed by atoms with Crippen LogP contribution in [0.15, 0.2) is 34.9 Å². The van der Waals surface area contributed by atoms with Crippen molar-refractivity contribution < 1.29 is 57.7 Å². The third-order valence-corrected chi connectivity index (χ3v) is 10.6. The molecule has 0 radical (unpaired) electrons. The van der Waals surface area contributed by atoms with Gasteiger partial charge in [0, 0.05) is 0 Å². The Morgan fingerprint density at radius 2 is 1.18 bits per heavy atom. The fraction of sp³-hybridized carbons (Fsp3) is 0.655. The quantitative estimate of drug-likeness (QED) is 0.233. The van der Waals surface area contributed by atoms with Crippen molar-refractivity contribution in [1.82, 2.24) is 0 Å². The summed E-state index contributed by atoms with van der Waals surface area (Å²) in [5, 5.41) is 0. The first-order valence-corrected chi connectivity index (χ1v) is 16.9. The third kappa shape index (κ3) is 9.75. The summed E-state index contributed by atoms with van der Waals surface area (Å²) in [5.74, 6) is 0. The molecule has 1 aliphatic rings. The van der Waals surface area contributed by atoms with Crippen LogP contribution in [0.4, 0.5) is 0 Å². The number of benzene rings is 1. The summed E-state index contributed by atoms with van der Waals surface area (Å²) >= 11 is 2.54. The molecule has 1 aromatic rings. The first-order valence-electron chi connectivity index (χ1n) is 13.0. The number of aryl methyl sites for hydroxylation is 2. The smallest absolute Gasteiger partial charge is 1.00 e. The predicted molar refractivity (Wildman–Crippen MR) is 139 cm³/mol. The zero-order valence-corrected chi connectivity index (χ0v) is 27.7. The molecular weight excluding hydrogens is 531 g/mol. The van der Waals surface area contributed by atoms with E-state index in [0.29, 0.717) is 0 Å². The average Bonchev–Trinajstić information content (AvgIpc) is 2.88. The molecule has 0 N–H and O–H groups in total. The molecule has 0 amide bonds. The van der Waals surface area contributed by atoms with Gasteiger partial charge in [0.25, 0.3) is 0 Å². The van der Waals surface area contributed by atoms with Gasteiger partial charge in [0.05, 0.1) is 0 Å². The number of rotatable bonds is 13. The largest absolute Gasteiger partial charge is 1.00 e. The summed E-state index contributed by atoms with van der Waals surface area (Å²) in [7, 11) is -0.692. The van der Waals surface area contributed by atoms with Gasteiger partial charge in [-0.1, -0.05) is 0 Å². The van der Waals surface area contributed by atoms with Crippen LogP contribution < -0.4 is 37.2 Å². The first kappa shape index (κ1) is 36.7. The van der Waals surface area contributed by atoms with E-state index < -0.39 is 8.80 Å². The van der Waals surface area contributed by atoms with Gasteiger partial charge >= 0.3 is 208 Å². The van der Waals surface area contributed by atoms with Crippen molar-refractivity contribution in [3.8, 4) is 0 Å². The normalized spacial score (nSPS) is 17.6. The molecule has 192 valence electrons. The molecule has 0 spiro atoms. The van der Waals surface area contributed by atoms with Crippen LogP contribution in [0.25, 0.3) is 5.57 Å². The van der Waals surface area contributed by atoms with Crippen LogP contribution in [0.1, 0.15) is 103 Å². The number of halogens is 3. The van der Waals surface area contributed by atoms with E-state index in [2.05, 4.69) is 86.3 Å². The summed E-state index contributed by atoms with van der Waals surface area (Å²) in [4.78, 5) is 0. The average molecular weight is 578 g/mol. The van der Waals surface area contributed by atoms with Gasteiger partial charge in [-0.25, -0.2) is 0 Å². The molecule has 1 unspecified atom stereocenters. The molecule has 0 saturated heterocycles. The van der Waals surface area contributed by atoms with E-state index in [-0.39, 0.29) is 40.9 Å². The van der Waals surface area contributed by atoms with Gasteiger partial charge in [0.1, 0.15) is 0 Å². The van der Waals surface area contributed by atoms with Crippen LogP contribution >= 0.6 is 0 Å². The van der Waals surface area contributed by atoms with Crippen LogP contribution in [-0.2, 0) is 33.3 Å². The standard InChI is InChI=1S/C29H47Si.3ClH.Ti/c1-8-10-12-14-16-25-18-26(17-15-13-11-9-2)20-27(19-25)29-24(5)22(3)23(4)28(29)21-30(6)7;;;;/h18-20,30H,8-17,21H2,1-7H3;3*1H;/q;;;;+3/p-3. The van der Waals surface area contributed by atoms with E-state index in [0.717, 1.165) is 0 Å². The van der Waals surface area contributed by atoms with Gasteiger partial charge in [-0.15, -0.1) is 0 Å². The summed E-state index contributed by atoms with van der Waals surface area (Å²) in [6.07, 6.45) is 13.2. The predicted octanol–water partition coefficient (Wildman–Crippen LogP) is 0.260. The van der Waals surface area contributed by atoms with E-state index in [1.165, 1.54) is 75.8 Å². The summed E-state index contributed by atoms with van der Waals surface area (Å²) in [6.45, 7) is 16.8. The van der Waals surface area contributed by atoms with Crippen LogP contribution in [0.3, 0.4) is 0 Å². The van der Waals surface area contributed by atoms with Gasteiger partial charge in [-0.05, 0) is 0 Å². The zero-order chi connectivity index (χ0) is 23.0. The van der Waals surface area contributed by atoms with Crippen LogP contribution in [0.5, 0.6) is 0 Å². The molecule has 0 aromatic heterocycles. The molecule has 2 rings (SSSR count). The first-order chi connectivity index (χ1) is 14.7. The molecule has 0 nitrogen and oxygen atoms in total. The second-order valence-electron chi connectivity index (χ2n) is 10.4. The van der Waals surface area contributed by atoms with Crippen LogP contribution in [0, 0.1) is 0 Å². The molecule has 0 heterocycles. The molecule has 5 heteroatoms. The molecular formula is C29H47Cl3SiTi. The van der Waals surface area contributed by atoms with E-state index in [1.807, 2.05) is 0 Å². The maximum atomic E-state index is 2.56. The van der Waals surface area contributed by atoms with E-state index in [9.17, 15) is 0 Å². The Kier molecular flexibility index (Phi) is 19.3. The fourth-order valence-electron chi connectivity index (χ4n) is 5.33. The van der Waals surface area contributed by atoms with Crippen LogP contribution in [-0.4, -0.2) is 8.80 Å². The van der Waals surface area contributed by atoms with Crippen molar-refractivity contribution in [2.24, 2.45) is 0 Å². The second-order valence-corrected chi connectivity index (χ2v) is 14.9. The minimum absolute atomic E-state index is 0. The second kappa shape index (κ2) is 17.9. The Labute approximate surface area is 243 Å². The van der Waals surface area contributed by atoms with E-state index >= 15 is 0 Å². The Morgan fingerprint density at radius 3 is 1.59 bits per heavy atom. The Balaban J connectivity index is 0.